The maximum absolute atomic E-state index is 12.5. The van der Waals surface area contributed by atoms with Crippen LogP contribution in [0.2, 0.25) is 0 Å². The molecule has 0 radical (unpaired) electrons. The second kappa shape index (κ2) is 6.22. The average molecular weight is 339 g/mol. The van der Waals surface area contributed by atoms with Gasteiger partial charge in [0.25, 0.3) is 0 Å². The molecule has 0 heterocycles. The molecule has 2 fully saturated rings. The van der Waals surface area contributed by atoms with Crippen LogP contribution in [0, 0.1) is 17.8 Å². The number of aliphatic hydroxyl groups excluding tert-OH is 1. The quantitative estimate of drug-likeness (QED) is 0.723. The molecule has 1 aromatic carbocycles. The SMILES string of the molecule is O=C(O)CCC1C2CC(CC2O)C1NS(=O)(=O)c1ccccc1. The van der Waals surface area contributed by atoms with Gasteiger partial charge in [-0.1, -0.05) is 18.2 Å². The third kappa shape index (κ3) is 3.27. The van der Waals surface area contributed by atoms with Gasteiger partial charge in [-0.25, -0.2) is 13.1 Å². The lowest BCUT2D eigenvalue weighted by Crippen LogP contribution is -2.46. The highest BCUT2D eigenvalue weighted by molar-refractivity contribution is 7.89. The number of carboxylic acid groups (broad SMARTS) is 1. The summed E-state index contributed by atoms with van der Waals surface area (Å²) >= 11 is 0. The molecule has 7 heteroatoms. The molecule has 3 rings (SSSR count). The van der Waals surface area contributed by atoms with Gasteiger partial charge in [-0.3, -0.25) is 4.79 Å². The number of nitrogens with one attached hydrogen (secondary N) is 1. The number of hydrogen-bond donors (Lipinski definition) is 3. The molecule has 6 nitrogen and oxygen atoms in total. The highest BCUT2D eigenvalue weighted by Gasteiger charge is 2.52. The van der Waals surface area contributed by atoms with Gasteiger partial charge in [-0.2, -0.15) is 0 Å². The molecule has 3 N–H and O–H groups in total. The van der Waals surface area contributed by atoms with E-state index in [1.54, 1.807) is 18.2 Å². The Kier molecular flexibility index (Phi) is 4.44. The summed E-state index contributed by atoms with van der Waals surface area (Å²) in [6.07, 6.45) is 1.26. The van der Waals surface area contributed by atoms with Gasteiger partial charge in [-0.15, -0.1) is 0 Å². The lowest BCUT2D eigenvalue weighted by Gasteiger charge is -2.34. The highest BCUT2D eigenvalue weighted by Crippen LogP contribution is 2.50. The second-order valence-corrected chi connectivity index (χ2v) is 8.23. The zero-order chi connectivity index (χ0) is 16.6. The molecule has 0 aromatic heterocycles. The van der Waals surface area contributed by atoms with E-state index in [0.717, 1.165) is 6.42 Å². The summed E-state index contributed by atoms with van der Waals surface area (Å²) < 4.78 is 27.8. The van der Waals surface area contributed by atoms with Crippen LogP contribution in [0.25, 0.3) is 0 Å². The summed E-state index contributed by atoms with van der Waals surface area (Å²) in [4.78, 5) is 11.1. The molecule has 2 bridgehead atoms. The van der Waals surface area contributed by atoms with Crippen molar-refractivity contribution in [1.29, 1.82) is 0 Å². The van der Waals surface area contributed by atoms with Crippen LogP contribution in [0.1, 0.15) is 25.7 Å². The standard InChI is InChI=1S/C16H21NO5S/c18-14-9-10-8-13(14)12(6-7-15(19)20)16(10)17-23(21,22)11-4-2-1-3-5-11/h1-5,10,12-14,16-18H,6-9H2,(H,19,20). The lowest BCUT2D eigenvalue weighted by molar-refractivity contribution is -0.137. The fraction of sp³-hybridized carbons (Fsp3) is 0.562. The van der Waals surface area contributed by atoms with Gasteiger partial charge in [0.05, 0.1) is 11.0 Å². The normalized spacial score (nSPS) is 33.0. The molecule has 2 saturated carbocycles. The highest BCUT2D eigenvalue weighted by atomic mass is 32.2. The maximum Gasteiger partial charge on any atom is 0.303 e. The van der Waals surface area contributed by atoms with Crippen LogP contribution in [-0.4, -0.2) is 36.7 Å². The molecule has 0 spiro atoms. The van der Waals surface area contributed by atoms with E-state index in [-0.39, 0.29) is 35.1 Å². The first-order chi connectivity index (χ1) is 10.9. The molecule has 0 amide bonds. The molecular weight excluding hydrogens is 318 g/mol. The number of fused-ring (bicyclic) bond motifs is 2. The number of aliphatic carboxylic acids is 1. The van der Waals surface area contributed by atoms with E-state index in [1.165, 1.54) is 12.1 Å². The van der Waals surface area contributed by atoms with Crippen molar-refractivity contribution in [2.24, 2.45) is 17.8 Å². The van der Waals surface area contributed by atoms with Crippen molar-refractivity contribution in [1.82, 2.24) is 4.72 Å². The minimum atomic E-state index is -3.63. The summed E-state index contributed by atoms with van der Waals surface area (Å²) in [5, 5.41) is 19.0. The van der Waals surface area contributed by atoms with Gasteiger partial charge in [0, 0.05) is 12.5 Å². The fourth-order valence-corrected chi connectivity index (χ4v) is 5.55. The van der Waals surface area contributed by atoms with E-state index in [1.807, 2.05) is 0 Å². The molecule has 2 aliphatic carbocycles. The number of benzene rings is 1. The first kappa shape index (κ1) is 16.4. The van der Waals surface area contributed by atoms with Crippen molar-refractivity contribution in [2.45, 2.75) is 42.7 Å². The third-order valence-electron chi connectivity index (χ3n) is 5.17. The first-order valence-corrected chi connectivity index (χ1v) is 9.34. The van der Waals surface area contributed by atoms with Crippen molar-refractivity contribution in [3.8, 4) is 0 Å². The molecule has 0 aliphatic heterocycles. The smallest absolute Gasteiger partial charge is 0.303 e. The number of sulfonamides is 1. The number of aliphatic hydroxyl groups is 1. The van der Waals surface area contributed by atoms with Crippen molar-refractivity contribution >= 4 is 16.0 Å². The van der Waals surface area contributed by atoms with E-state index in [0.29, 0.717) is 12.8 Å². The summed E-state index contributed by atoms with van der Waals surface area (Å²) in [7, 11) is -3.63. The summed E-state index contributed by atoms with van der Waals surface area (Å²) in [6, 6.07) is 7.87. The van der Waals surface area contributed by atoms with Crippen LogP contribution in [0.3, 0.4) is 0 Å². The zero-order valence-electron chi connectivity index (χ0n) is 12.6. The Morgan fingerprint density at radius 1 is 1.22 bits per heavy atom. The largest absolute Gasteiger partial charge is 0.481 e. The molecule has 5 unspecified atom stereocenters. The monoisotopic (exact) mass is 339 g/mol. The van der Waals surface area contributed by atoms with E-state index < -0.39 is 22.1 Å². The third-order valence-corrected chi connectivity index (χ3v) is 6.64. The van der Waals surface area contributed by atoms with Crippen LogP contribution < -0.4 is 4.72 Å². The van der Waals surface area contributed by atoms with Crippen molar-refractivity contribution < 1.29 is 23.4 Å². The van der Waals surface area contributed by atoms with E-state index in [9.17, 15) is 18.3 Å². The predicted octanol–water partition coefficient (Wildman–Crippen LogP) is 1.22. The predicted molar refractivity (Wildman–Crippen MR) is 83.1 cm³/mol. The minimum absolute atomic E-state index is 0.00975. The Hall–Kier alpha value is -1.44. The minimum Gasteiger partial charge on any atom is -0.481 e. The molecule has 23 heavy (non-hydrogen) atoms. The van der Waals surface area contributed by atoms with Gasteiger partial charge < -0.3 is 10.2 Å². The van der Waals surface area contributed by atoms with Crippen LogP contribution in [0.5, 0.6) is 0 Å². The zero-order valence-corrected chi connectivity index (χ0v) is 13.4. The Labute approximate surface area is 135 Å². The Balaban J connectivity index is 1.79. The van der Waals surface area contributed by atoms with Crippen molar-refractivity contribution in [3.05, 3.63) is 30.3 Å². The molecule has 1 aromatic rings. The van der Waals surface area contributed by atoms with Gasteiger partial charge in [0.15, 0.2) is 0 Å². The van der Waals surface area contributed by atoms with Gasteiger partial charge in [-0.05, 0) is 49.1 Å². The lowest BCUT2D eigenvalue weighted by atomic mass is 9.80. The molecule has 0 saturated heterocycles. The number of carbonyl (C=O) groups is 1. The molecular formula is C16H21NO5S. The first-order valence-electron chi connectivity index (χ1n) is 7.85. The molecule has 2 aliphatic rings. The number of rotatable bonds is 6. The Bertz CT molecular complexity index is 675. The van der Waals surface area contributed by atoms with Crippen LogP contribution in [0.15, 0.2) is 35.2 Å². The van der Waals surface area contributed by atoms with Crippen molar-refractivity contribution in [3.63, 3.8) is 0 Å². The maximum atomic E-state index is 12.5. The average Bonchev–Trinajstić information content (AvgIpc) is 3.03. The van der Waals surface area contributed by atoms with E-state index in [2.05, 4.69) is 4.72 Å². The van der Waals surface area contributed by atoms with Crippen molar-refractivity contribution in [2.75, 3.05) is 0 Å². The number of hydrogen-bond acceptors (Lipinski definition) is 4. The summed E-state index contributed by atoms with van der Waals surface area (Å²) in [6.45, 7) is 0. The second-order valence-electron chi connectivity index (χ2n) is 6.52. The van der Waals surface area contributed by atoms with E-state index >= 15 is 0 Å². The number of carboxylic acids is 1. The van der Waals surface area contributed by atoms with Gasteiger partial charge >= 0.3 is 5.97 Å². The Morgan fingerprint density at radius 3 is 2.57 bits per heavy atom. The van der Waals surface area contributed by atoms with Crippen LogP contribution in [-0.2, 0) is 14.8 Å². The Morgan fingerprint density at radius 2 is 1.91 bits per heavy atom. The van der Waals surface area contributed by atoms with Crippen LogP contribution >= 0.6 is 0 Å². The molecule has 5 atom stereocenters. The summed E-state index contributed by atoms with van der Waals surface area (Å²) in [5.41, 5.74) is 0. The van der Waals surface area contributed by atoms with E-state index in [4.69, 9.17) is 5.11 Å². The fourth-order valence-electron chi connectivity index (χ4n) is 4.17. The summed E-state index contributed by atoms with van der Waals surface area (Å²) in [5.74, 6) is -0.958. The van der Waals surface area contributed by atoms with Gasteiger partial charge in [0.1, 0.15) is 0 Å². The molecule has 126 valence electrons. The van der Waals surface area contributed by atoms with Crippen LogP contribution in [0.4, 0.5) is 0 Å². The topological polar surface area (TPSA) is 104 Å². The van der Waals surface area contributed by atoms with Gasteiger partial charge in [0.2, 0.25) is 10.0 Å².